The Morgan fingerprint density at radius 2 is 1.88 bits per heavy atom. The molecule has 0 spiro atoms. The highest BCUT2D eigenvalue weighted by atomic mass is 32.1. The summed E-state index contributed by atoms with van der Waals surface area (Å²) in [4.78, 5) is 6.57. The van der Waals surface area contributed by atoms with Crippen LogP contribution in [0.15, 0.2) is 89.5 Å². The summed E-state index contributed by atoms with van der Waals surface area (Å²) in [6.07, 6.45) is 1.76. The largest absolute Gasteiger partial charge is 0.497 e. The zero-order chi connectivity index (χ0) is 22.1. The van der Waals surface area contributed by atoms with Crippen molar-refractivity contribution in [1.82, 2.24) is 10.3 Å². The summed E-state index contributed by atoms with van der Waals surface area (Å²) in [7, 11) is 1.63. The summed E-state index contributed by atoms with van der Waals surface area (Å²) >= 11 is 5.73. The van der Waals surface area contributed by atoms with Gasteiger partial charge in [-0.25, -0.2) is 4.39 Å². The van der Waals surface area contributed by atoms with Gasteiger partial charge < -0.3 is 19.4 Å². The van der Waals surface area contributed by atoms with Crippen LogP contribution in [0.1, 0.15) is 23.5 Å². The molecule has 32 heavy (non-hydrogen) atoms. The van der Waals surface area contributed by atoms with Crippen molar-refractivity contribution in [2.24, 2.45) is 0 Å². The van der Waals surface area contributed by atoms with Gasteiger partial charge in [-0.3, -0.25) is 4.98 Å². The van der Waals surface area contributed by atoms with Gasteiger partial charge in [0.05, 0.1) is 18.8 Å². The molecule has 5 nitrogen and oxygen atoms in total. The number of benzene rings is 2. The first-order valence-corrected chi connectivity index (χ1v) is 10.6. The van der Waals surface area contributed by atoms with E-state index >= 15 is 0 Å². The van der Waals surface area contributed by atoms with Gasteiger partial charge in [0.25, 0.3) is 0 Å². The smallest absolute Gasteiger partial charge is 0.174 e. The van der Waals surface area contributed by atoms with Crippen LogP contribution in [0.25, 0.3) is 11.3 Å². The highest BCUT2D eigenvalue weighted by molar-refractivity contribution is 7.80. The normalized spacial score (nSPS) is 17.9. The Balaban J connectivity index is 1.59. The van der Waals surface area contributed by atoms with E-state index in [1.807, 2.05) is 59.5 Å². The summed E-state index contributed by atoms with van der Waals surface area (Å²) in [5.41, 5.74) is 2.53. The molecule has 7 heteroatoms. The van der Waals surface area contributed by atoms with Gasteiger partial charge in [0.2, 0.25) is 0 Å². The Hall–Kier alpha value is -3.71. The fourth-order valence-electron chi connectivity index (χ4n) is 3.96. The van der Waals surface area contributed by atoms with Crippen molar-refractivity contribution >= 4 is 23.0 Å². The number of furan rings is 1. The lowest BCUT2D eigenvalue weighted by molar-refractivity contribution is 0.414. The molecular formula is C25H20FN3O2S. The SMILES string of the molecule is COc1cccc(N2C(=S)NC(c3ccccn3)C2c2ccc(-c3ccc(F)cc3)o2)c1. The first kappa shape index (κ1) is 20.2. The van der Waals surface area contributed by atoms with Gasteiger partial charge in [0.1, 0.15) is 29.1 Å². The number of nitrogens with one attached hydrogen (secondary N) is 1. The van der Waals surface area contributed by atoms with Crippen molar-refractivity contribution < 1.29 is 13.5 Å². The van der Waals surface area contributed by atoms with Crippen LogP contribution in [-0.2, 0) is 0 Å². The number of pyridine rings is 1. The molecule has 1 aliphatic heterocycles. The Morgan fingerprint density at radius 3 is 2.62 bits per heavy atom. The number of hydrogen-bond acceptors (Lipinski definition) is 4. The average molecular weight is 446 g/mol. The van der Waals surface area contributed by atoms with Gasteiger partial charge >= 0.3 is 0 Å². The second kappa shape index (κ2) is 8.43. The number of rotatable bonds is 5. The molecule has 2 aromatic heterocycles. The highest BCUT2D eigenvalue weighted by Crippen LogP contribution is 2.43. The van der Waals surface area contributed by atoms with Crippen molar-refractivity contribution in [3.8, 4) is 17.1 Å². The van der Waals surface area contributed by atoms with Gasteiger partial charge in [-0.05, 0) is 72.9 Å². The minimum Gasteiger partial charge on any atom is -0.497 e. The molecule has 2 unspecified atom stereocenters. The molecule has 5 rings (SSSR count). The predicted octanol–water partition coefficient (Wildman–Crippen LogP) is 5.67. The molecule has 1 fully saturated rings. The molecule has 0 radical (unpaired) electrons. The molecule has 2 atom stereocenters. The van der Waals surface area contributed by atoms with Crippen LogP contribution in [0.4, 0.5) is 10.1 Å². The topological polar surface area (TPSA) is 50.5 Å². The van der Waals surface area contributed by atoms with Gasteiger partial charge in [-0.1, -0.05) is 12.1 Å². The first-order valence-electron chi connectivity index (χ1n) is 10.1. The van der Waals surface area contributed by atoms with E-state index in [0.29, 0.717) is 10.9 Å². The summed E-state index contributed by atoms with van der Waals surface area (Å²) in [6, 6.07) is 23.1. The molecule has 4 aromatic rings. The van der Waals surface area contributed by atoms with Crippen molar-refractivity contribution in [2.75, 3.05) is 12.0 Å². The Labute approximate surface area is 190 Å². The monoisotopic (exact) mass is 445 g/mol. The van der Waals surface area contributed by atoms with Gasteiger partial charge in [-0.15, -0.1) is 0 Å². The third-order valence-corrected chi connectivity index (χ3v) is 5.79. The lowest BCUT2D eigenvalue weighted by atomic mass is 10.0. The summed E-state index contributed by atoms with van der Waals surface area (Å²) in [5, 5.41) is 3.97. The van der Waals surface area contributed by atoms with E-state index in [-0.39, 0.29) is 17.9 Å². The third-order valence-electron chi connectivity index (χ3n) is 5.48. The minimum atomic E-state index is -0.287. The van der Waals surface area contributed by atoms with Crippen molar-refractivity contribution in [3.05, 3.63) is 102 Å². The fourth-order valence-corrected chi connectivity index (χ4v) is 4.31. The molecule has 0 bridgehead atoms. The van der Waals surface area contributed by atoms with Crippen LogP contribution in [0.5, 0.6) is 5.75 Å². The summed E-state index contributed by atoms with van der Waals surface area (Å²) in [5.74, 6) is 1.82. The maximum absolute atomic E-state index is 13.4. The Kier molecular flexibility index (Phi) is 5.33. The molecule has 1 N–H and O–H groups in total. The first-order chi connectivity index (χ1) is 15.6. The van der Waals surface area contributed by atoms with Gasteiger partial charge in [0, 0.05) is 23.5 Å². The Bertz CT molecular complexity index is 1240. The van der Waals surface area contributed by atoms with E-state index in [9.17, 15) is 4.39 Å². The number of nitrogens with zero attached hydrogens (tertiary/aromatic N) is 2. The molecule has 3 heterocycles. The predicted molar refractivity (Wildman–Crippen MR) is 125 cm³/mol. The number of halogens is 1. The van der Waals surface area contributed by atoms with Crippen LogP contribution in [0.2, 0.25) is 0 Å². The second-order valence-corrected chi connectivity index (χ2v) is 7.79. The van der Waals surface area contributed by atoms with E-state index < -0.39 is 0 Å². The van der Waals surface area contributed by atoms with E-state index in [0.717, 1.165) is 28.5 Å². The lowest BCUT2D eigenvalue weighted by Gasteiger charge is -2.26. The van der Waals surface area contributed by atoms with Crippen LogP contribution >= 0.6 is 12.2 Å². The lowest BCUT2D eigenvalue weighted by Crippen LogP contribution is -2.29. The van der Waals surface area contributed by atoms with Gasteiger partial charge in [0.15, 0.2) is 5.11 Å². The van der Waals surface area contributed by atoms with Crippen LogP contribution in [-0.4, -0.2) is 17.2 Å². The Morgan fingerprint density at radius 1 is 1.03 bits per heavy atom. The maximum atomic E-state index is 13.4. The van der Waals surface area contributed by atoms with Gasteiger partial charge in [-0.2, -0.15) is 0 Å². The molecule has 160 valence electrons. The third kappa shape index (κ3) is 3.71. The zero-order valence-electron chi connectivity index (χ0n) is 17.2. The maximum Gasteiger partial charge on any atom is 0.174 e. The number of hydrogen-bond donors (Lipinski definition) is 1. The summed E-state index contributed by atoms with van der Waals surface area (Å²) in [6.45, 7) is 0. The van der Waals surface area contributed by atoms with Crippen LogP contribution in [0, 0.1) is 5.82 Å². The highest BCUT2D eigenvalue weighted by Gasteiger charge is 2.42. The second-order valence-electron chi connectivity index (χ2n) is 7.41. The molecule has 2 aromatic carbocycles. The van der Waals surface area contributed by atoms with Crippen LogP contribution in [0.3, 0.4) is 0 Å². The molecule has 1 aliphatic rings. The molecule has 0 saturated carbocycles. The fraction of sp³-hybridized carbons (Fsp3) is 0.120. The van der Waals surface area contributed by atoms with E-state index in [1.165, 1.54) is 12.1 Å². The molecule has 0 aliphatic carbocycles. The van der Waals surface area contributed by atoms with E-state index in [2.05, 4.69) is 10.3 Å². The van der Waals surface area contributed by atoms with E-state index in [4.69, 9.17) is 21.4 Å². The van der Waals surface area contributed by atoms with E-state index in [1.54, 1.807) is 25.4 Å². The molecule has 0 amide bonds. The standard InChI is InChI=1S/C25H20FN3O2S/c1-30-19-6-4-5-18(15-19)29-24(23(28-25(29)32)20-7-2-3-14-27-20)22-13-12-21(31-22)16-8-10-17(26)11-9-16/h2-15,23-24H,1H3,(H,28,32). The number of methoxy groups -OCH3 is 1. The van der Waals surface area contributed by atoms with Crippen molar-refractivity contribution in [2.45, 2.75) is 12.1 Å². The molecular weight excluding hydrogens is 425 g/mol. The zero-order valence-corrected chi connectivity index (χ0v) is 18.1. The van der Waals surface area contributed by atoms with Crippen LogP contribution < -0.4 is 15.0 Å². The number of anilines is 1. The number of thiocarbonyl (C=S) groups is 1. The average Bonchev–Trinajstić information content (AvgIpc) is 3.45. The number of ether oxygens (including phenoxy) is 1. The number of aromatic nitrogens is 1. The van der Waals surface area contributed by atoms with Crippen molar-refractivity contribution in [1.29, 1.82) is 0 Å². The minimum absolute atomic E-state index is 0.220. The van der Waals surface area contributed by atoms with Crippen molar-refractivity contribution in [3.63, 3.8) is 0 Å². The quantitative estimate of drug-likeness (QED) is 0.400. The molecule has 1 saturated heterocycles. The summed E-state index contributed by atoms with van der Waals surface area (Å²) < 4.78 is 25.1.